The van der Waals surface area contributed by atoms with Gasteiger partial charge in [0.25, 0.3) is 5.91 Å². The van der Waals surface area contributed by atoms with Crippen LogP contribution in [-0.4, -0.2) is 15.9 Å². The Labute approximate surface area is 146 Å². The predicted octanol–water partition coefficient (Wildman–Crippen LogP) is 4.49. The molecule has 0 aliphatic heterocycles. The van der Waals surface area contributed by atoms with Crippen LogP contribution in [0.15, 0.2) is 66.9 Å². The molecule has 8 heteroatoms. The Bertz CT molecular complexity index is 914. The fraction of sp³-hybridized carbons (Fsp3) is 0.0556. The molecule has 5 nitrogen and oxygen atoms in total. The molecule has 0 aliphatic carbocycles. The lowest BCUT2D eigenvalue weighted by atomic mass is 10.2. The summed E-state index contributed by atoms with van der Waals surface area (Å²) < 4.78 is 38.2. The molecule has 3 aromatic rings. The van der Waals surface area contributed by atoms with Gasteiger partial charge in [0, 0.05) is 17.6 Å². The van der Waals surface area contributed by atoms with Crippen LogP contribution in [0.2, 0.25) is 0 Å². The third kappa shape index (κ3) is 4.35. The molecule has 3 rings (SSSR count). The molecule has 1 heterocycles. The normalized spacial score (nSPS) is 11.0. The minimum absolute atomic E-state index is 0.0239. The number of carbonyl (C=O) groups excluding carboxylic acids is 1. The third-order valence-corrected chi connectivity index (χ3v) is 3.37. The Balaban J connectivity index is 1.75. The van der Waals surface area contributed by atoms with E-state index in [4.69, 9.17) is 0 Å². The summed E-state index contributed by atoms with van der Waals surface area (Å²) in [6, 6.07) is 14.9. The number of alkyl halides is 3. The van der Waals surface area contributed by atoms with Crippen LogP contribution in [0.5, 0.6) is 0 Å². The molecule has 0 radical (unpaired) electrons. The summed E-state index contributed by atoms with van der Waals surface area (Å²) >= 11 is 0. The fourth-order valence-corrected chi connectivity index (χ4v) is 2.16. The first-order valence-corrected chi connectivity index (χ1v) is 7.55. The molecule has 0 spiro atoms. The van der Waals surface area contributed by atoms with E-state index in [1.807, 2.05) is 18.2 Å². The molecule has 132 valence electrons. The maximum absolute atomic E-state index is 12.7. The van der Waals surface area contributed by atoms with Gasteiger partial charge in [-0.15, -0.1) is 0 Å². The van der Waals surface area contributed by atoms with Crippen molar-refractivity contribution in [2.24, 2.45) is 0 Å². The number of carbonyl (C=O) groups is 1. The summed E-state index contributed by atoms with van der Waals surface area (Å²) in [4.78, 5) is 20.4. The molecule has 26 heavy (non-hydrogen) atoms. The minimum atomic E-state index is -4.48. The van der Waals surface area contributed by atoms with E-state index in [2.05, 4.69) is 20.6 Å². The number of hydrogen-bond donors (Lipinski definition) is 2. The molecule has 2 aromatic carbocycles. The van der Waals surface area contributed by atoms with E-state index in [-0.39, 0.29) is 17.3 Å². The number of halogens is 3. The Morgan fingerprint density at radius 1 is 0.923 bits per heavy atom. The summed E-state index contributed by atoms with van der Waals surface area (Å²) in [5.74, 6) is -0.435. The maximum atomic E-state index is 12.7. The van der Waals surface area contributed by atoms with Gasteiger partial charge in [-0.1, -0.05) is 24.3 Å². The van der Waals surface area contributed by atoms with E-state index in [9.17, 15) is 18.0 Å². The van der Waals surface area contributed by atoms with Gasteiger partial charge in [-0.05, 0) is 36.4 Å². The second-order valence-corrected chi connectivity index (χ2v) is 5.29. The average Bonchev–Trinajstić information content (AvgIpc) is 2.62. The number of benzene rings is 2. The van der Waals surface area contributed by atoms with Crippen molar-refractivity contribution >= 4 is 23.2 Å². The minimum Gasteiger partial charge on any atom is -0.324 e. The topological polar surface area (TPSA) is 66.9 Å². The van der Waals surface area contributed by atoms with E-state index in [1.165, 1.54) is 24.4 Å². The number of aromatic nitrogens is 2. The van der Waals surface area contributed by atoms with Gasteiger partial charge >= 0.3 is 6.18 Å². The van der Waals surface area contributed by atoms with Gasteiger partial charge in [0.2, 0.25) is 5.95 Å². The fourth-order valence-electron chi connectivity index (χ4n) is 2.16. The van der Waals surface area contributed by atoms with Crippen LogP contribution in [0.1, 0.15) is 16.1 Å². The lowest BCUT2D eigenvalue weighted by Crippen LogP contribution is -2.15. The van der Waals surface area contributed by atoms with Crippen molar-refractivity contribution in [3.8, 4) is 0 Å². The van der Waals surface area contributed by atoms with Gasteiger partial charge in [0.05, 0.1) is 5.56 Å². The number of nitrogens with zero attached hydrogens (tertiary/aromatic N) is 2. The Kier molecular flexibility index (Phi) is 4.83. The Morgan fingerprint density at radius 2 is 1.65 bits per heavy atom. The van der Waals surface area contributed by atoms with E-state index in [0.29, 0.717) is 0 Å². The quantitative estimate of drug-likeness (QED) is 0.721. The van der Waals surface area contributed by atoms with Gasteiger partial charge in [-0.25, -0.2) is 9.97 Å². The van der Waals surface area contributed by atoms with Crippen molar-refractivity contribution in [3.63, 3.8) is 0 Å². The highest BCUT2D eigenvalue weighted by atomic mass is 19.4. The van der Waals surface area contributed by atoms with Gasteiger partial charge in [-0.2, -0.15) is 13.2 Å². The molecule has 0 atom stereocenters. The van der Waals surface area contributed by atoms with Crippen molar-refractivity contribution in [3.05, 3.63) is 78.1 Å². The summed E-state index contributed by atoms with van der Waals surface area (Å²) in [7, 11) is 0. The summed E-state index contributed by atoms with van der Waals surface area (Å²) in [6.45, 7) is 0. The molecular weight excluding hydrogens is 345 g/mol. The number of nitrogens with one attached hydrogen (secondary N) is 2. The Morgan fingerprint density at radius 3 is 2.38 bits per heavy atom. The zero-order valence-corrected chi connectivity index (χ0v) is 13.3. The highest BCUT2D eigenvalue weighted by molar-refractivity contribution is 6.03. The van der Waals surface area contributed by atoms with E-state index in [1.54, 1.807) is 12.1 Å². The van der Waals surface area contributed by atoms with Crippen LogP contribution in [0.3, 0.4) is 0 Å². The zero-order chi connectivity index (χ0) is 18.6. The van der Waals surface area contributed by atoms with Crippen molar-refractivity contribution in [1.82, 2.24) is 9.97 Å². The largest absolute Gasteiger partial charge is 0.416 e. The van der Waals surface area contributed by atoms with Gasteiger partial charge in [0.15, 0.2) is 0 Å². The number of hydrogen-bond acceptors (Lipinski definition) is 4. The molecular formula is C18H13F3N4O. The van der Waals surface area contributed by atoms with Crippen molar-refractivity contribution in [2.75, 3.05) is 10.6 Å². The van der Waals surface area contributed by atoms with Crippen LogP contribution in [0, 0.1) is 0 Å². The second-order valence-electron chi connectivity index (χ2n) is 5.29. The van der Waals surface area contributed by atoms with Crippen LogP contribution in [-0.2, 0) is 6.18 Å². The van der Waals surface area contributed by atoms with Crippen LogP contribution in [0.25, 0.3) is 0 Å². The first-order chi connectivity index (χ1) is 12.4. The number of amides is 1. The molecule has 0 saturated carbocycles. The first-order valence-electron chi connectivity index (χ1n) is 7.55. The van der Waals surface area contributed by atoms with Gasteiger partial charge in [0.1, 0.15) is 5.69 Å². The number of rotatable bonds is 4. The number of anilines is 3. The molecule has 0 unspecified atom stereocenters. The van der Waals surface area contributed by atoms with E-state index in [0.717, 1.165) is 17.8 Å². The molecule has 1 amide bonds. The zero-order valence-electron chi connectivity index (χ0n) is 13.3. The third-order valence-electron chi connectivity index (χ3n) is 3.37. The summed E-state index contributed by atoms with van der Waals surface area (Å²) in [5.41, 5.74) is -0.0517. The van der Waals surface area contributed by atoms with Crippen molar-refractivity contribution in [1.29, 1.82) is 0 Å². The standard InChI is InChI=1S/C18H13F3N4O/c19-18(20,21)12-5-4-8-14(11-12)23-16(26)15-9-10-22-17(25-15)24-13-6-2-1-3-7-13/h1-11H,(H,23,26)(H,22,24,25). The highest BCUT2D eigenvalue weighted by Gasteiger charge is 2.30. The summed E-state index contributed by atoms with van der Waals surface area (Å²) in [5, 5.41) is 5.35. The van der Waals surface area contributed by atoms with Gasteiger partial charge < -0.3 is 10.6 Å². The molecule has 0 saturated heterocycles. The second kappa shape index (κ2) is 7.22. The van der Waals surface area contributed by atoms with Crippen LogP contribution < -0.4 is 10.6 Å². The molecule has 0 bridgehead atoms. The van der Waals surface area contributed by atoms with Gasteiger partial charge in [-0.3, -0.25) is 4.79 Å². The predicted molar refractivity (Wildman–Crippen MR) is 91.2 cm³/mol. The molecule has 0 fully saturated rings. The molecule has 0 aliphatic rings. The Hall–Kier alpha value is -3.42. The average molecular weight is 358 g/mol. The monoisotopic (exact) mass is 358 g/mol. The highest BCUT2D eigenvalue weighted by Crippen LogP contribution is 2.30. The number of para-hydroxylation sites is 1. The van der Waals surface area contributed by atoms with Crippen molar-refractivity contribution in [2.45, 2.75) is 6.18 Å². The molecule has 2 N–H and O–H groups in total. The first kappa shape index (κ1) is 17.4. The van der Waals surface area contributed by atoms with Crippen LogP contribution in [0.4, 0.5) is 30.5 Å². The molecule has 1 aromatic heterocycles. The smallest absolute Gasteiger partial charge is 0.324 e. The maximum Gasteiger partial charge on any atom is 0.416 e. The SMILES string of the molecule is O=C(Nc1cccc(C(F)(F)F)c1)c1ccnc(Nc2ccccc2)n1. The van der Waals surface area contributed by atoms with E-state index < -0.39 is 17.6 Å². The van der Waals surface area contributed by atoms with E-state index >= 15 is 0 Å². The van der Waals surface area contributed by atoms with Crippen LogP contribution >= 0.6 is 0 Å². The lowest BCUT2D eigenvalue weighted by Gasteiger charge is -2.10. The summed E-state index contributed by atoms with van der Waals surface area (Å²) in [6.07, 6.45) is -3.10. The lowest BCUT2D eigenvalue weighted by molar-refractivity contribution is -0.137. The van der Waals surface area contributed by atoms with Crippen molar-refractivity contribution < 1.29 is 18.0 Å².